The molecule has 3 N–H and O–H groups in total. The quantitative estimate of drug-likeness (QED) is 0.672. The van der Waals surface area contributed by atoms with Gasteiger partial charge in [0, 0.05) is 22.7 Å². The number of aromatic hydroxyl groups is 1. The standard InChI is InChI=1S/C16H15N3O4S/c1-6-10-9-4-5-17-7(2)13(9)24-14(10)12(20)11(18-6)15(21)19-8(3)16(22)23/h4-5,8,20H,1-3H3,(H,19,21)(H,22,23)/t8-/m0/s1. The predicted molar refractivity (Wildman–Crippen MR) is 90.6 cm³/mol. The lowest BCUT2D eigenvalue weighted by atomic mass is 10.1. The highest BCUT2D eigenvalue weighted by Crippen LogP contribution is 2.41. The third-order valence-corrected chi connectivity index (χ3v) is 5.12. The lowest BCUT2D eigenvalue weighted by Gasteiger charge is -2.11. The molecule has 0 saturated heterocycles. The fourth-order valence-corrected chi connectivity index (χ4v) is 3.79. The zero-order valence-corrected chi connectivity index (χ0v) is 14.1. The molecule has 3 aromatic rings. The van der Waals surface area contributed by atoms with E-state index in [0.717, 1.165) is 21.2 Å². The van der Waals surface area contributed by atoms with Gasteiger partial charge in [-0.05, 0) is 26.8 Å². The normalized spacial score (nSPS) is 12.5. The van der Waals surface area contributed by atoms with Crippen molar-refractivity contribution in [2.24, 2.45) is 0 Å². The van der Waals surface area contributed by atoms with Crippen molar-refractivity contribution < 1.29 is 19.8 Å². The Morgan fingerprint density at radius 2 is 1.96 bits per heavy atom. The van der Waals surface area contributed by atoms with E-state index < -0.39 is 17.9 Å². The molecule has 0 aliphatic rings. The van der Waals surface area contributed by atoms with Crippen molar-refractivity contribution in [1.82, 2.24) is 15.3 Å². The van der Waals surface area contributed by atoms with Crippen molar-refractivity contribution in [2.75, 3.05) is 0 Å². The minimum absolute atomic E-state index is 0.176. The highest BCUT2D eigenvalue weighted by molar-refractivity contribution is 7.26. The van der Waals surface area contributed by atoms with Crippen LogP contribution >= 0.6 is 11.3 Å². The fourth-order valence-electron chi connectivity index (χ4n) is 2.55. The number of carboxylic acids is 1. The molecule has 0 aliphatic heterocycles. The Morgan fingerprint density at radius 3 is 2.62 bits per heavy atom. The van der Waals surface area contributed by atoms with Crippen LogP contribution in [0, 0.1) is 13.8 Å². The lowest BCUT2D eigenvalue weighted by Crippen LogP contribution is -2.38. The average molecular weight is 345 g/mol. The van der Waals surface area contributed by atoms with Crippen LogP contribution in [0.5, 0.6) is 5.75 Å². The van der Waals surface area contributed by atoms with Crippen LogP contribution in [-0.2, 0) is 4.79 Å². The molecule has 1 atom stereocenters. The Kier molecular flexibility index (Phi) is 3.84. The number of nitrogens with zero attached hydrogens (tertiary/aromatic N) is 2. The Balaban J connectivity index is 2.20. The molecule has 0 saturated carbocycles. The van der Waals surface area contributed by atoms with Gasteiger partial charge in [-0.3, -0.25) is 14.6 Å². The summed E-state index contributed by atoms with van der Waals surface area (Å²) < 4.78 is 1.46. The Morgan fingerprint density at radius 1 is 1.25 bits per heavy atom. The number of aliphatic carboxylic acids is 1. The van der Waals surface area contributed by atoms with Crippen molar-refractivity contribution in [3.05, 3.63) is 29.3 Å². The molecular weight excluding hydrogens is 330 g/mol. The van der Waals surface area contributed by atoms with Gasteiger partial charge in [-0.2, -0.15) is 0 Å². The number of hydrogen-bond acceptors (Lipinski definition) is 6. The first kappa shape index (κ1) is 16.1. The number of carbonyl (C=O) groups excluding carboxylic acids is 1. The van der Waals surface area contributed by atoms with Gasteiger partial charge in [0.1, 0.15) is 6.04 Å². The molecular formula is C16H15N3O4S. The first-order chi connectivity index (χ1) is 11.3. The van der Waals surface area contributed by atoms with Crippen molar-refractivity contribution >= 4 is 43.4 Å². The molecule has 3 rings (SSSR count). The summed E-state index contributed by atoms with van der Waals surface area (Å²) >= 11 is 1.34. The first-order valence-electron chi connectivity index (χ1n) is 7.22. The Hall–Kier alpha value is -2.74. The summed E-state index contributed by atoms with van der Waals surface area (Å²) in [7, 11) is 0. The molecule has 0 aliphatic carbocycles. The van der Waals surface area contributed by atoms with Crippen molar-refractivity contribution in [1.29, 1.82) is 0 Å². The molecule has 124 valence electrons. The summed E-state index contributed by atoms with van der Waals surface area (Å²) in [6.45, 7) is 4.97. The number of pyridine rings is 2. The summed E-state index contributed by atoms with van der Waals surface area (Å²) in [5, 5.41) is 23.4. The van der Waals surface area contributed by atoms with E-state index in [9.17, 15) is 14.7 Å². The summed E-state index contributed by atoms with van der Waals surface area (Å²) in [5.74, 6) is -2.13. The second-order valence-electron chi connectivity index (χ2n) is 5.51. The minimum Gasteiger partial charge on any atom is -0.504 e. The summed E-state index contributed by atoms with van der Waals surface area (Å²) in [4.78, 5) is 31.6. The van der Waals surface area contributed by atoms with Crippen LogP contribution < -0.4 is 5.32 Å². The molecule has 0 bridgehead atoms. The third kappa shape index (κ3) is 2.44. The van der Waals surface area contributed by atoms with E-state index >= 15 is 0 Å². The number of aromatic nitrogens is 2. The molecule has 3 heterocycles. The van der Waals surface area contributed by atoms with E-state index in [1.54, 1.807) is 13.1 Å². The van der Waals surface area contributed by atoms with Crippen LogP contribution in [0.4, 0.5) is 0 Å². The maximum absolute atomic E-state index is 12.3. The van der Waals surface area contributed by atoms with Gasteiger partial charge >= 0.3 is 5.97 Å². The number of amides is 1. The fraction of sp³-hybridized carbons (Fsp3) is 0.250. The van der Waals surface area contributed by atoms with Crippen molar-refractivity contribution in [2.45, 2.75) is 26.8 Å². The van der Waals surface area contributed by atoms with E-state index in [0.29, 0.717) is 10.4 Å². The van der Waals surface area contributed by atoms with E-state index in [4.69, 9.17) is 5.11 Å². The number of nitrogens with one attached hydrogen (secondary N) is 1. The minimum atomic E-state index is -1.16. The average Bonchev–Trinajstić information content (AvgIpc) is 2.92. The second kappa shape index (κ2) is 5.72. The highest BCUT2D eigenvalue weighted by Gasteiger charge is 2.24. The van der Waals surface area contributed by atoms with Gasteiger partial charge in [0.05, 0.1) is 15.1 Å². The van der Waals surface area contributed by atoms with Crippen molar-refractivity contribution in [3.8, 4) is 5.75 Å². The van der Waals surface area contributed by atoms with Gasteiger partial charge < -0.3 is 15.5 Å². The van der Waals surface area contributed by atoms with Crippen LogP contribution in [-0.4, -0.2) is 38.1 Å². The predicted octanol–water partition coefficient (Wildman–Crippen LogP) is 2.37. The number of carbonyl (C=O) groups is 2. The molecule has 3 aromatic heterocycles. The number of thiophene rings is 1. The Bertz CT molecular complexity index is 996. The van der Waals surface area contributed by atoms with E-state index in [1.165, 1.54) is 18.3 Å². The summed E-state index contributed by atoms with van der Waals surface area (Å²) in [6.07, 6.45) is 1.69. The van der Waals surface area contributed by atoms with Gasteiger partial charge in [-0.1, -0.05) is 0 Å². The maximum atomic E-state index is 12.3. The number of rotatable bonds is 3. The van der Waals surface area contributed by atoms with Gasteiger partial charge in [0.2, 0.25) is 0 Å². The SMILES string of the molecule is Cc1nccc2c1sc1c(O)c(C(=O)N[C@@H](C)C(=O)O)nc(C)c12. The summed E-state index contributed by atoms with van der Waals surface area (Å²) in [5.41, 5.74) is 1.25. The molecule has 24 heavy (non-hydrogen) atoms. The number of aryl methyl sites for hydroxylation is 2. The highest BCUT2D eigenvalue weighted by atomic mass is 32.1. The number of hydrogen-bond donors (Lipinski definition) is 3. The topological polar surface area (TPSA) is 112 Å². The van der Waals surface area contributed by atoms with Crippen LogP contribution in [0.2, 0.25) is 0 Å². The smallest absolute Gasteiger partial charge is 0.325 e. The van der Waals surface area contributed by atoms with Crippen LogP contribution in [0.1, 0.15) is 28.8 Å². The molecule has 0 radical (unpaired) electrons. The van der Waals surface area contributed by atoms with Gasteiger partial charge in [0.25, 0.3) is 5.91 Å². The first-order valence-corrected chi connectivity index (χ1v) is 8.04. The Labute approximate surface area is 141 Å². The molecule has 1 amide bonds. The molecule has 0 fully saturated rings. The molecule has 8 heteroatoms. The number of fused-ring (bicyclic) bond motifs is 3. The zero-order chi connectivity index (χ0) is 17.6. The molecule has 0 spiro atoms. The number of carboxylic acid groups (broad SMARTS) is 1. The van der Waals surface area contributed by atoms with Gasteiger partial charge in [-0.25, -0.2) is 4.98 Å². The molecule has 0 unspecified atom stereocenters. The van der Waals surface area contributed by atoms with Gasteiger partial charge in [-0.15, -0.1) is 11.3 Å². The largest absolute Gasteiger partial charge is 0.504 e. The van der Waals surface area contributed by atoms with E-state index in [-0.39, 0.29) is 11.4 Å². The third-order valence-electron chi connectivity index (χ3n) is 3.80. The lowest BCUT2D eigenvalue weighted by molar-refractivity contribution is -0.138. The van der Waals surface area contributed by atoms with E-state index in [2.05, 4.69) is 15.3 Å². The monoisotopic (exact) mass is 345 g/mol. The second-order valence-corrected chi connectivity index (χ2v) is 6.53. The van der Waals surface area contributed by atoms with Gasteiger partial charge in [0.15, 0.2) is 11.4 Å². The van der Waals surface area contributed by atoms with Crippen LogP contribution in [0.25, 0.3) is 20.2 Å². The summed E-state index contributed by atoms with van der Waals surface area (Å²) in [6, 6.07) is 0.769. The van der Waals surface area contributed by atoms with E-state index in [1.807, 2.05) is 13.0 Å². The zero-order valence-electron chi connectivity index (χ0n) is 13.2. The molecule has 7 nitrogen and oxygen atoms in total. The van der Waals surface area contributed by atoms with Crippen LogP contribution in [0.15, 0.2) is 12.3 Å². The molecule has 0 aromatic carbocycles. The van der Waals surface area contributed by atoms with Crippen LogP contribution in [0.3, 0.4) is 0 Å². The maximum Gasteiger partial charge on any atom is 0.325 e. The van der Waals surface area contributed by atoms with Crippen molar-refractivity contribution in [3.63, 3.8) is 0 Å².